The van der Waals surface area contributed by atoms with Gasteiger partial charge < -0.3 is 20.1 Å². The van der Waals surface area contributed by atoms with Crippen molar-refractivity contribution in [2.24, 2.45) is 0 Å². The van der Waals surface area contributed by atoms with Gasteiger partial charge in [0.25, 0.3) is 5.91 Å². The highest BCUT2D eigenvalue weighted by Crippen LogP contribution is 2.34. The van der Waals surface area contributed by atoms with Gasteiger partial charge in [-0.15, -0.1) is 0 Å². The summed E-state index contributed by atoms with van der Waals surface area (Å²) in [6.45, 7) is 1.81. The van der Waals surface area contributed by atoms with E-state index in [0.29, 0.717) is 5.75 Å². The van der Waals surface area contributed by atoms with Gasteiger partial charge in [0.15, 0.2) is 6.61 Å². The smallest absolute Gasteiger partial charge is 0.264 e. The van der Waals surface area contributed by atoms with E-state index in [4.69, 9.17) is 4.74 Å². The first-order valence-electron chi connectivity index (χ1n) is 5.93. The molecule has 0 aliphatic carbocycles. The van der Waals surface area contributed by atoms with E-state index in [-0.39, 0.29) is 18.6 Å². The van der Waals surface area contributed by atoms with Crippen LogP contribution in [0, 0.1) is 0 Å². The zero-order chi connectivity index (χ0) is 13.3. The van der Waals surface area contributed by atoms with E-state index in [9.17, 15) is 9.90 Å². The molecule has 18 heavy (non-hydrogen) atoms. The summed E-state index contributed by atoms with van der Waals surface area (Å²) in [5.74, 6) is 0.624. The van der Waals surface area contributed by atoms with Gasteiger partial charge in [-0.05, 0) is 31.7 Å². The van der Waals surface area contributed by atoms with Crippen molar-refractivity contribution in [3.63, 3.8) is 0 Å². The average Bonchev–Trinajstić information content (AvgIpc) is 2.35. The predicted molar refractivity (Wildman–Crippen MR) is 68.8 cm³/mol. The van der Waals surface area contributed by atoms with Crippen molar-refractivity contribution in [1.82, 2.24) is 5.32 Å². The minimum absolute atomic E-state index is 0.0716. The minimum atomic E-state index is -0.515. The van der Waals surface area contributed by atoms with Crippen LogP contribution in [-0.2, 0) is 4.79 Å². The van der Waals surface area contributed by atoms with E-state index in [1.54, 1.807) is 25.9 Å². The molecular weight excluding hydrogens is 232 g/mol. The fourth-order valence-corrected chi connectivity index (χ4v) is 2.17. The van der Waals surface area contributed by atoms with Crippen molar-refractivity contribution in [2.75, 3.05) is 25.6 Å². The molecule has 2 N–H and O–H groups in total. The maximum atomic E-state index is 11.6. The van der Waals surface area contributed by atoms with Gasteiger partial charge >= 0.3 is 0 Å². The van der Waals surface area contributed by atoms with Crippen LogP contribution in [0.25, 0.3) is 0 Å². The molecule has 0 radical (unpaired) electrons. The SMILES string of the molecule is CNC(c1ccc2c(c1)N(C)C(=O)CO2)C(C)O. The first-order chi connectivity index (χ1) is 8.54. The van der Waals surface area contributed by atoms with Gasteiger partial charge in [-0.25, -0.2) is 0 Å². The van der Waals surface area contributed by atoms with Gasteiger partial charge in [0, 0.05) is 7.05 Å². The number of benzene rings is 1. The van der Waals surface area contributed by atoms with Crippen LogP contribution in [0.3, 0.4) is 0 Å². The van der Waals surface area contributed by atoms with Gasteiger partial charge in [0.2, 0.25) is 0 Å². The van der Waals surface area contributed by atoms with Crippen LogP contribution in [0.2, 0.25) is 0 Å². The van der Waals surface area contributed by atoms with Crippen molar-refractivity contribution in [3.05, 3.63) is 23.8 Å². The Morgan fingerprint density at radius 3 is 2.83 bits per heavy atom. The average molecular weight is 250 g/mol. The monoisotopic (exact) mass is 250 g/mol. The summed E-state index contributed by atoms with van der Waals surface area (Å²) in [5, 5.41) is 12.8. The molecule has 0 fully saturated rings. The van der Waals surface area contributed by atoms with Crippen LogP contribution < -0.4 is 15.0 Å². The normalized spacial score (nSPS) is 18.0. The summed E-state index contributed by atoms with van der Waals surface area (Å²) >= 11 is 0. The molecule has 98 valence electrons. The van der Waals surface area contributed by atoms with Crippen LogP contribution in [0.15, 0.2) is 18.2 Å². The summed E-state index contributed by atoms with van der Waals surface area (Å²) < 4.78 is 5.36. The number of aliphatic hydroxyl groups excluding tert-OH is 1. The van der Waals surface area contributed by atoms with Crippen molar-refractivity contribution in [2.45, 2.75) is 19.1 Å². The zero-order valence-corrected chi connectivity index (χ0v) is 10.8. The molecule has 1 aliphatic heterocycles. The van der Waals surface area contributed by atoms with Crippen molar-refractivity contribution in [3.8, 4) is 5.75 Å². The molecular formula is C13H18N2O3. The standard InChI is InChI=1S/C13H18N2O3/c1-8(16)13(14-2)9-4-5-11-10(6-9)15(3)12(17)7-18-11/h4-6,8,13-14,16H,7H2,1-3H3. The summed E-state index contributed by atoms with van der Waals surface area (Å²) in [5.41, 5.74) is 1.67. The quantitative estimate of drug-likeness (QED) is 0.828. The lowest BCUT2D eigenvalue weighted by molar-refractivity contribution is -0.120. The molecule has 1 aromatic rings. The summed E-state index contributed by atoms with van der Waals surface area (Å²) in [7, 11) is 3.52. The van der Waals surface area contributed by atoms with Crippen LogP contribution in [-0.4, -0.2) is 37.8 Å². The fourth-order valence-electron chi connectivity index (χ4n) is 2.17. The first-order valence-corrected chi connectivity index (χ1v) is 5.93. The molecule has 0 spiro atoms. The topological polar surface area (TPSA) is 61.8 Å². The number of carbonyl (C=O) groups excluding carboxylic acids is 1. The molecule has 0 saturated carbocycles. The number of ether oxygens (including phenoxy) is 1. The fraction of sp³-hybridized carbons (Fsp3) is 0.462. The summed E-state index contributed by atoms with van der Waals surface area (Å²) in [4.78, 5) is 13.2. The van der Waals surface area contributed by atoms with Crippen molar-refractivity contribution in [1.29, 1.82) is 0 Å². The van der Waals surface area contributed by atoms with Crippen LogP contribution in [0.5, 0.6) is 5.75 Å². The third-order valence-corrected chi connectivity index (χ3v) is 3.22. The van der Waals surface area contributed by atoms with Gasteiger partial charge in [0.1, 0.15) is 5.75 Å². The molecule has 5 nitrogen and oxygen atoms in total. The largest absolute Gasteiger partial charge is 0.482 e. The van der Waals surface area contributed by atoms with Gasteiger partial charge in [-0.1, -0.05) is 6.07 Å². The van der Waals surface area contributed by atoms with E-state index in [2.05, 4.69) is 5.32 Å². The number of nitrogens with zero attached hydrogens (tertiary/aromatic N) is 1. The van der Waals surface area contributed by atoms with Crippen LogP contribution in [0.4, 0.5) is 5.69 Å². The number of anilines is 1. The number of likely N-dealkylation sites (N-methyl/N-ethyl adjacent to an activating group) is 2. The third-order valence-electron chi connectivity index (χ3n) is 3.22. The van der Waals surface area contributed by atoms with E-state index in [0.717, 1.165) is 11.3 Å². The van der Waals surface area contributed by atoms with Gasteiger partial charge in [0.05, 0.1) is 17.8 Å². The van der Waals surface area contributed by atoms with Crippen LogP contribution >= 0.6 is 0 Å². The number of hydrogen-bond donors (Lipinski definition) is 2. The highest BCUT2D eigenvalue weighted by atomic mass is 16.5. The molecule has 1 aromatic carbocycles. The van der Waals surface area contributed by atoms with Gasteiger partial charge in [-0.3, -0.25) is 4.79 Å². The second-order valence-corrected chi connectivity index (χ2v) is 4.48. The maximum Gasteiger partial charge on any atom is 0.264 e. The molecule has 2 rings (SSSR count). The number of aliphatic hydroxyl groups is 1. The lowest BCUT2D eigenvalue weighted by atomic mass is 10.0. The number of fused-ring (bicyclic) bond motifs is 1. The molecule has 2 unspecified atom stereocenters. The van der Waals surface area contributed by atoms with Gasteiger partial charge in [-0.2, -0.15) is 0 Å². The molecule has 0 saturated heterocycles. The summed E-state index contributed by atoms with van der Waals surface area (Å²) in [6.07, 6.45) is -0.515. The molecule has 0 bridgehead atoms. The Morgan fingerprint density at radius 2 is 2.22 bits per heavy atom. The summed E-state index contributed by atoms with van der Waals surface area (Å²) in [6, 6.07) is 5.44. The second-order valence-electron chi connectivity index (χ2n) is 4.48. The van der Waals surface area contributed by atoms with Crippen molar-refractivity contribution < 1.29 is 14.6 Å². The molecule has 5 heteroatoms. The number of hydrogen-bond acceptors (Lipinski definition) is 4. The molecule has 1 heterocycles. The molecule has 1 amide bonds. The van der Waals surface area contributed by atoms with Crippen LogP contribution in [0.1, 0.15) is 18.5 Å². The molecule has 0 aromatic heterocycles. The minimum Gasteiger partial charge on any atom is -0.482 e. The Hall–Kier alpha value is -1.59. The van der Waals surface area contributed by atoms with E-state index < -0.39 is 6.10 Å². The highest BCUT2D eigenvalue weighted by Gasteiger charge is 2.24. The maximum absolute atomic E-state index is 11.6. The number of amides is 1. The Kier molecular flexibility index (Phi) is 3.54. The Morgan fingerprint density at radius 1 is 1.50 bits per heavy atom. The Balaban J connectivity index is 2.39. The first kappa shape index (κ1) is 12.9. The molecule has 2 atom stereocenters. The number of carbonyl (C=O) groups is 1. The second kappa shape index (κ2) is 4.96. The highest BCUT2D eigenvalue weighted by molar-refractivity contribution is 5.97. The lowest BCUT2D eigenvalue weighted by Gasteiger charge is -2.28. The predicted octanol–water partition coefficient (Wildman–Crippen LogP) is 0.683. The third kappa shape index (κ3) is 2.19. The number of nitrogens with one attached hydrogen (secondary N) is 1. The Labute approximate surface area is 106 Å². The van der Waals surface area contributed by atoms with E-state index >= 15 is 0 Å². The Bertz CT molecular complexity index is 460. The van der Waals surface area contributed by atoms with E-state index in [1.165, 1.54) is 0 Å². The van der Waals surface area contributed by atoms with Crippen molar-refractivity contribution >= 4 is 11.6 Å². The van der Waals surface area contributed by atoms with E-state index in [1.807, 2.05) is 18.2 Å². The zero-order valence-electron chi connectivity index (χ0n) is 10.8. The lowest BCUT2D eigenvalue weighted by Crippen LogP contribution is -2.36. The number of rotatable bonds is 3. The molecule has 1 aliphatic rings.